The van der Waals surface area contributed by atoms with Gasteiger partial charge in [0.05, 0.1) is 6.54 Å². The first-order valence-corrected chi connectivity index (χ1v) is 8.07. The Morgan fingerprint density at radius 1 is 1.14 bits per heavy atom. The van der Waals surface area contributed by atoms with Crippen molar-refractivity contribution in [3.8, 4) is 0 Å². The molecule has 0 N–H and O–H groups in total. The number of benzene rings is 1. The molecule has 1 fully saturated rings. The number of nitrogens with zero attached hydrogens (tertiary/aromatic N) is 2. The van der Waals surface area contributed by atoms with Gasteiger partial charge in [-0.2, -0.15) is 0 Å². The summed E-state index contributed by atoms with van der Waals surface area (Å²) in [5.74, 6) is 0.238. The SMILES string of the molecule is CCCc1ccc(C(=O)CN2CC(C)N(C)C(C)C2)cc1. The van der Waals surface area contributed by atoms with Crippen LogP contribution in [0.2, 0.25) is 0 Å². The second-order valence-electron chi connectivity index (χ2n) is 6.43. The number of ketones is 1. The van der Waals surface area contributed by atoms with Crippen molar-refractivity contribution in [2.24, 2.45) is 0 Å². The Bertz CT molecular complexity index is 457. The topological polar surface area (TPSA) is 23.6 Å². The lowest BCUT2D eigenvalue weighted by atomic mass is 10.0. The van der Waals surface area contributed by atoms with E-state index in [4.69, 9.17) is 0 Å². The lowest BCUT2D eigenvalue weighted by Crippen LogP contribution is -2.55. The summed E-state index contributed by atoms with van der Waals surface area (Å²) in [6, 6.07) is 9.16. The summed E-state index contributed by atoms with van der Waals surface area (Å²) in [6.45, 7) is 9.12. The summed E-state index contributed by atoms with van der Waals surface area (Å²) in [7, 11) is 2.17. The van der Waals surface area contributed by atoms with Crippen LogP contribution in [0.4, 0.5) is 0 Å². The Balaban J connectivity index is 1.95. The van der Waals surface area contributed by atoms with E-state index in [1.54, 1.807) is 0 Å². The number of carbonyl (C=O) groups is 1. The molecule has 1 aromatic rings. The van der Waals surface area contributed by atoms with Gasteiger partial charge < -0.3 is 0 Å². The Labute approximate surface area is 128 Å². The molecule has 0 radical (unpaired) electrons. The van der Waals surface area contributed by atoms with Gasteiger partial charge in [-0.05, 0) is 32.9 Å². The molecule has 0 aliphatic carbocycles. The fourth-order valence-corrected chi connectivity index (χ4v) is 3.08. The van der Waals surface area contributed by atoms with Crippen molar-refractivity contribution in [3.63, 3.8) is 0 Å². The molecule has 116 valence electrons. The van der Waals surface area contributed by atoms with Crippen LogP contribution in [0, 0.1) is 0 Å². The van der Waals surface area contributed by atoms with Crippen molar-refractivity contribution < 1.29 is 4.79 Å². The predicted molar refractivity (Wildman–Crippen MR) is 87.9 cm³/mol. The molecular weight excluding hydrogens is 260 g/mol. The van der Waals surface area contributed by atoms with Gasteiger partial charge in [-0.15, -0.1) is 0 Å². The van der Waals surface area contributed by atoms with E-state index in [1.165, 1.54) is 5.56 Å². The van der Waals surface area contributed by atoms with E-state index in [2.05, 4.69) is 49.8 Å². The van der Waals surface area contributed by atoms with Gasteiger partial charge in [0, 0.05) is 30.7 Å². The molecule has 0 spiro atoms. The third kappa shape index (κ3) is 4.14. The lowest BCUT2D eigenvalue weighted by molar-refractivity contribution is 0.0549. The number of Topliss-reactive ketones (excluding diaryl/α,β-unsaturated/α-hetero) is 1. The van der Waals surface area contributed by atoms with Crippen molar-refractivity contribution in [2.75, 3.05) is 26.7 Å². The molecule has 1 aromatic carbocycles. The van der Waals surface area contributed by atoms with Gasteiger partial charge in [0.15, 0.2) is 5.78 Å². The van der Waals surface area contributed by atoms with Crippen molar-refractivity contribution in [3.05, 3.63) is 35.4 Å². The van der Waals surface area contributed by atoms with Crippen LogP contribution in [0.25, 0.3) is 0 Å². The van der Waals surface area contributed by atoms with Crippen LogP contribution in [0.15, 0.2) is 24.3 Å². The first-order chi connectivity index (χ1) is 10.0. The summed E-state index contributed by atoms with van der Waals surface area (Å²) in [6.07, 6.45) is 2.23. The highest BCUT2D eigenvalue weighted by atomic mass is 16.1. The highest BCUT2D eigenvalue weighted by Gasteiger charge is 2.27. The minimum atomic E-state index is 0.238. The van der Waals surface area contributed by atoms with E-state index in [0.717, 1.165) is 31.5 Å². The van der Waals surface area contributed by atoms with Crippen molar-refractivity contribution in [2.45, 2.75) is 45.7 Å². The molecule has 0 amide bonds. The van der Waals surface area contributed by atoms with E-state index in [0.29, 0.717) is 18.6 Å². The summed E-state index contributed by atoms with van der Waals surface area (Å²) in [5.41, 5.74) is 2.16. The van der Waals surface area contributed by atoms with Crippen LogP contribution >= 0.6 is 0 Å². The minimum Gasteiger partial charge on any atom is -0.298 e. The fourth-order valence-electron chi connectivity index (χ4n) is 3.08. The van der Waals surface area contributed by atoms with E-state index >= 15 is 0 Å². The molecule has 1 aliphatic heterocycles. The molecule has 2 atom stereocenters. The number of piperazine rings is 1. The molecule has 0 bridgehead atoms. The first kappa shape index (κ1) is 16.2. The Hall–Kier alpha value is -1.19. The molecule has 0 saturated carbocycles. The number of carbonyl (C=O) groups excluding carboxylic acids is 1. The first-order valence-electron chi connectivity index (χ1n) is 8.07. The molecule has 2 rings (SSSR count). The van der Waals surface area contributed by atoms with E-state index < -0.39 is 0 Å². The molecule has 0 aromatic heterocycles. The standard InChI is InChI=1S/C18H28N2O/c1-5-6-16-7-9-17(10-8-16)18(21)13-20-11-14(2)19(4)15(3)12-20/h7-10,14-15H,5-6,11-13H2,1-4H3. The average molecular weight is 288 g/mol. The highest BCUT2D eigenvalue weighted by molar-refractivity contribution is 5.97. The minimum absolute atomic E-state index is 0.238. The van der Waals surface area contributed by atoms with Gasteiger partial charge in [0.25, 0.3) is 0 Å². The quantitative estimate of drug-likeness (QED) is 0.778. The number of likely N-dealkylation sites (N-methyl/N-ethyl adjacent to an activating group) is 1. The third-order valence-corrected chi connectivity index (χ3v) is 4.62. The number of hydrogen-bond acceptors (Lipinski definition) is 3. The second kappa shape index (κ2) is 7.19. The monoisotopic (exact) mass is 288 g/mol. The van der Waals surface area contributed by atoms with Gasteiger partial charge >= 0.3 is 0 Å². The summed E-state index contributed by atoms with van der Waals surface area (Å²) >= 11 is 0. The fraction of sp³-hybridized carbons (Fsp3) is 0.611. The Morgan fingerprint density at radius 3 is 2.24 bits per heavy atom. The number of aryl methyl sites for hydroxylation is 1. The molecule has 1 saturated heterocycles. The van der Waals surface area contributed by atoms with Gasteiger partial charge in [-0.3, -0.25) is 14.6 Å². The molecule has 3 nitrogen and oxygen atoms in total. The summed E-state index contributed by atoms with van der Waals surface area (Å²) in [5, 5.41) is 0. The molecule has 21 heavy (non-hydrogen) atoms. The zero-order valence-electron chi connectivity index (χ0n) is 13.8. The van der Waals surface area contributed by atoms with Crippen molar-refractivity contribution in [1.82, 2.24) is 9.80 Å². The smallest absolute Gasteiger partial charge is 0.176 e. The number of rotatable bonds is 5. The van der Waals surface area contributed by atoms with Gasteiger partial charge in [-0.1, -0.05) is 37.6 Å². The van der Waals surface area contributed by atoms with Gasteiger partial charge in [0.1, 0.15) is 0 Å². The predicted octanol–water partition coefficient (Wildman–Crippen LogP) is 2.85. The maximum atomic E-state index is 12.4. The summed E-state index contributed by atoms with van der Waals surface area (Å²) in [4.78, 5) is 17.1. The summed E-state index contributed by atoms with van der Waals surface area (Å²) < 4.78 is 0. The zero-order valence-corrected chi connectivity index (χ0v) is 13.8. The lowest BCUT2D eigenvalue weighted by Gasteiger charge is -2.42. The maximum Gasteiger partial charge on any atom is 0.176 e. The second-order valence-corrected chi connectivity index (χ2v) is 6.43. The van der Waals surface area contributed by atoms with Crippen molar-refractivity contribution >= 4 is 5.78 Å². The largest absolute Gasteiger partial charge is 0.298 e. The normalized spacial score (nSPS) is 24.2. The zero-order chi connectivity index (χ0) is 15.4. The Morgan fingerprint density at radius 2 is 1.71 bits per heavy atom. The van der Waals surface area contributed by atoms with Crippen LogP contribution < -0.4 is 0 Å². The van der Waals surface area contributed by atoms with Crippen LogP contribution in [-0.2, 0) is 6.42 Å². The van der Waals surface area contributed by atoms with Crippen molar-refractivity contribution in [1.29, 1.82) is 0 Å². The van der Waals surface area contributed by atoms with E-state index in [9.17, 15) is 4.79 Å². The third-order valence-electron chi connectivity index (χ3n) is 4.62. The molecular formula is C18H28N2O. The van der Waals surface area contributed by atoms with Gasteiger partial charge in [0.2, 0.25) is 0 Å². The van der Waals surface area contributed by atoms with Crippen LogP contribution in [0.5, 0.6) is 0 Å². The maximum absolute atomic E-state index is 12.4. The van der Waals surface area contributed by atoms with Crippen LogP contribution in [0.3, 0.4) is 0 Å². The number of hydrogen-bond donors (Lipinski definition) is 0. The van der Waals surface area contributed by atoms with Crippen LogP contribution in [0.1, 0.15) is 43.1 Å². The average Bonchev–Trinajstić information content (AvgIpc) is 2.45. The van der Waals surface area contributed by atoms with E-state index in [1.807, 2.05) is 12.1 Å². The molecule has 1 aliphatic rings. The van der Waals surface area contributed by atoms with E-state index in [-0.39, 0.29) is 5.78 Å². The van der Waals surface area contributed by atoms with Crippen LogP contribution in [-0.4, -0.2) is 54.3 Å². The highest BCUT2D eigenvalue weighted by Crippen LogP contribution is 2.14. The molecule has 2 unspecified atom stereocenters. The van der Waals surface area contributed by atoms with Gasteiger partial charge in [-0.25, -0.2) is 0 Å². The Kier molecular flexibility index (Phi) is 5.54. The molecule has 3 heteroatoms. The molecule has 1 heterocycles.